The molecule has 0 atom stereocenters. The van der Waals surface area contributed by atoms with Crippen LogP contribution < -0.4 is 9.64 Å². The summed E-state index contributed by atoms with van der Waals surface area (Å²) in [7, 11) is 0. The van der Waals surface area contributed by atoms with E-state index < -0.39 is 11.8 Å². The summed E-state index contributed by atoms with van der Waals surface area (Å²) < 4.78 is 20.4. The first-order valence-corrected chi connectivity index (χ1v) is 10.0. The average molecular weight is 394 g/mol. The maximum atomic E-state index is 14.6. The molecular weight excluding hydrogens is 371 g/mol. The number of hydrogen-bond acceptors (Lipinski definition) is 4. The largest absolute Gasteiger partial charge is 0.490 e. The summed E-state index contributed by atoms with van der Waals surface area (Å²) in [4.78, 5) is 12.8. The van der Waals surface area contributed by atoms with E-state index in [-0.39, 0.29) is 18.1 Å². The summed E-state index contributed by atoms with van der Waals surface area (Å²) in [6.07, 6.45) is 4.63. The SMILES string of the molecule is N#Cc1c(F)cc(OC2CCC2)cc1N1CCc2cc(CCC(=O)O)ccc2C1. The minimum absolute atomic E-state index is 0.0486. The number of nitriles is 1. The molecule has 0 spiro atoms. The number of carbonyl (C=O) groups is 1. The molecule has 1 saturated carbocycles. The summed E-state index contributed by atoms with van der Waals surface area (Å²) in [5.74, 6) is -0.867. The quantitative estimate of drug-likeness (QED) is 0.795. The standard InChI is InChI=1S/C23H23FN2O3/c24-21-11-19(29-18-2-1-3-18)12-22(20(21)13-25)26-9-8-16-10-15(5-7-23(27)28)4-6-17(16)14-26/h4,6,10-12,18H,1-3,5,7-9,14H2,(H,27,28). The number of aryl methyl sites for hydroxylation is 1. The van der Waals surface area contributed by atoms with Crippen LogP contribution in [0.1, 0.15) is 47.9 Å². The molecule has 1 fully saturated rings. The molecule has 1 aliphatic heterocycles. The zero-order valence-electron chi connectivity index (χ0n) is 16.2. The van der Waals surface area contributed by atoms with Crippen molar-refractivity contribution in [1.29, 1.82) is 5.26 Å². The first-order chi connectivity index (χ1) is 14.0. The van der Waals surface area contributed by atoms with Gasteiger partial charge in [-0.15, -0.1) is 0 Å². The molecule has 0 aromatic heterocycles. The Morgan fingerprint density at radius 3 is 2.79 bits per heavy atom. The van der Waals surface area contributed by atoms with Crippen molar-refractivity contribution in [3.05, 3.63) is 58.4 Å². The summed E-state index contributed by atoms with van der Waals surface area (Å²) in [5.41, 5.74) is 3.93. The van der Waals surface area contributed by atoms with Gasteiger partial charge in [-0.05, 0) is 48.8 Å². The van der Waals surface area contributed by atoms with E-state index in [0.29, 0.717) is 30.9 Å². The zero-order valence-corrected chi connectivity index (χ0v) is 16.2. The molecule has 0 saturated heterocycles. The van der Waals surface area contributed by atoms with Crippen LogP contribution in [0.5, 0.6) is 5.75 Å². The number of aliphatic carboxylic acids is 1. The Bertz CT molecular complexity index is 979. The van der Waals surface area contributed by atoms with Gasteiger partial charge >= 0.3 is 5.97 Å². The molecular formula is C23H23FN2O3. The molecule has 0 radical (unpaired) electrons. The maximum Gasteiger partial charge on any atom is 0.303 e. The Morgan fingerprint density at radius 1 is 1.28 bits per heavy atom. The normalized spacial score (nSPS) is 15.9. The van der Waals surface area contributed by atoms with Crippen molar-refractivity contribution in [2.24, 2.45) is 0 Å². The molecule has 0 amide bonds. The van der Waals surface area contributed by atoms with Crippen molar-refractivity contribution in [3.8, 4) is 11.8 Å². The third-order valence-electron chi connectivity index (χ3n) is 5.76. The van der Waals surface area contributed by atoms with Crippen LogP contribution >= 0.6 is 0 Å². The number of ether oxygens (including phenoxy) is 1. The van der Waals surface area contributed by atoms with E-state index in [4.69, 9.17) is 9.84 Å². The lowest BCUT2D eigenvalue weighted by atomic mass is 9.95. The van der Waals surface area contributed by atoms with Gasteiger partial charge in [0.15, 0.2) is 0 Å². The predicted octanol–water partition coefficient (Wildman–Crippen LogP) is 4.21. The fraction of sp³-hybridized carbons (Fsp3) is 0.391. The van der Waals surface area contributed by atoms with Gasteiger partial charge in [0.2, 0.25) is 0 Å². The minimum atomic E-state index is -0.802. The van der Waals surface area contributed by atoms with Gasteiger partial charge in [0.1, 0.15) is 23.2 Å². The van der Waals surface area contributed by atoms with Crippen LogP contribution in [0.25, 0.3) is 0 Å². The Morgan fingerprint density at radius 2 is 2.10 bits per heavy atom. The molecule has 1 aliphatic carbocycles. The van der Waals surface area contributed by atoms with E-state index in [9.17, 15) is 14.4 Å². The smallest absolute Gasteiger partial charge is 0.303 e. The van der Waals surface area contributed by atoms with Crippen LogP contribution in [-0.4, -0.2) is 23.7 Å². The first-order valence-electron chi connectivity index (χ1n) is 10.0. The highest BCUT2D eigenvalue weighted by Gasteiger charge is 2.24. The lowest BCUT2D eigenvalue weighted by molar-refractivity contribution is -0.136. The Balaban J connectivity index is 1.56. The highest BCUT2D eigenvalue weighted by atomic mass is 19.1. The molecule has 2 aromatic rings. The van der Waals surface area contributed by atoms with Crippen LogP contribution in [-0.2, 0) is 24.2 Å². The first kappa shape index (κ1) is 19.3. The van der Waals surface area contributed by atoms with Crippen molar-refractivity contribution in [1.82, 2.24) is 0 Å². The van der Waals surface area contributed by atoms with Gasteiger partial charge in [-0.1, -0.05) is 18.2 Å². The van der Waals surface area contributed by atoms with Gasteiger partial charge in [-0.2, -0.15) is 5.26 Å². The lowest BCUT2D eigenvalue weighted by Crippen LogP contribution is -2.31. The van der Waals surface area contributed by atoms with Crippen molar-refractivity contribution in [3.63, 3.8) is 0 Å². The minimum Gasteiger partial charge on any atom is -0.490 e. The number of carboxylic acids is 1. The molecule has 2 aliphatic rings. The third kappa shape index (κ3) is 4.19. The van der Waals surface area contributed by atoms with E-state index in [0.717, 1.165) is 36.8 Å². The van der Waals surface area contributed by atoms with Gasteiger partial charge in [0.25, 0.3) is 0 Å². The Kier molecular flexibility index (Phi) is 5.39. The number of fused-ring (bicyclic) bond motifs is 1. The Hall–Kier alpha value is -3.07. The molecule has 1 N–H and O–H groups in total. The van der Waals surface area contributed by atoms with E-state index in [1.165, 1.54) is 11.6 Å². The van der Waals surface area contributed by atoms with E-state index in [2.05, 4.69) is 6.07 Å². The number of rotatable bonds is 6. The molecule has 0 bridgehead atoms. The van der Waals surface area contributed by atoms with Gasteiger partial charge in [-0.25, -0.2) is 4.39 Å². The molecule has 2 aromatic carbocycles. The molecule has 150 valence electrons. The van der Waals surface area contributed by atoms with E-state index in [1.54, 1.807) is 6.07 Å². The third-order valence-corrected chi connectivity index (χ3v) is 5.76. The summed E-state index contributed by atoms with van der Waals surface area (Å²) in [6, 6.07) is 11.1. The number of benzene rings is 2. The van der Waals surface area contributed by atoms with Crippen LogP contribution in [0, 0.1) is 17.1 Å². The van der Waals surface area contributed by atoms with Gasteiger partial charge < -0.3 is 14.7 Å². The average Bonchev–Trinajstić information content (AvgIpc) is 2.68. The summed E-state index contributed by atoms with van der Waals surface area (Å²) in [5, 5.41) is 18.4. The summed E-state index contributed by atoms with van der Waals surface area (Å²) >= 11 is 0. The fourth-order valence-electron chi connectivity index (χ4n) is 3.90. The molecule has 5 nitrogen and oxygen atoms in total. The lowest BCUT2D eigenvalue weighted by Gasteiger charge is -2.32. The second-order valence-electron chi connectivity index (χ2n) is 7.75. The highest BCUT2D eigenvalue weighted by molar-refractivity contribution is 5.67. The second-order valence-corrected chi connectivity index (χ2v) is 7.75. The maximum absolute atomic E-state index is 14.6. The predicted molar refractivity (Wildman–Crippen MR) is 107 cm³/mol. The number of anilines is 1. The topological polar surface area (TPSA) is 73.6 Å². The van der Waals surface area contributed by atoms with Crippen LogP contribution in [0.4, 0.5) is 10.1 Å². The fourth-order valence-corrected chi connectivity index (χ4v) is 3.90. The number of halogens is 1. The van der Waals surface area contributed by atoms with Crippen molar-refractivity contribution in [2.75, 3.05) is 11.4 Å². The molecule has 6 heteroatoms. The van der Waals surface area contributed by atoms with Crippen LogP contribution in [0.3, 0.4) is 0 Å². The molecule has 1 heterocycles. The highest BCUT2D eigenvalue weighted by Crippen LogP contribution is 2.34. The van der Waals surface area contributed by atoms with Crippen molar-refractivity contribution < 1.29 is 19.0 Å². The van der Waals surface area contributed by atoms with Crippen LogP contribution in [0.2, 0.25) is 0 Å². The van der Waals surface area contributed by atoms with E-state index >= 15 is 0 Å². The second kappa shape index (κ2) is 8.12. The van der Waals surface area contributed by atoms with E-state index in [1.807, 2.05) is 23.1 Å². The molecule has 0 unspecified atom stereocenters. The zero-order chi connectivity index (χ0) is 20.4. The van der Waals surface area contributed by atoms with Gasteiger partial charge in [-0.3, -0.25) is 4.79 Å². The number of carboxylic acid groups (broad SMARTS) is 1. The van der Waals surface area contributed by atoms with Crippen molar-refractivity contribution in [2.45, 2.75) is 51.2 Å². The Labute approximate surface area is 169 Å². The summed E-state index contributed by atoms with van der Waals surface area (Å²) in [6.45, 7) is 1.24. The number of nitrogens with zero attached hydrogens (tertiary/aromatic N) is 2. The van der Waals surface area contributed by atoms with Crippen LogP contribution in [0.15, 0.2) is 30.3 Å². The monoisotopic (exact) mass is 394 g/mol. The van der Waals surface area contributed by atoms with Gasteiger partial charge in [0.05, 0.1) is 11.8 Å². The van der Waals surface area contributed by atoms with Gasteiger partial charge in [0, 0.05) is 31.6 Å². The molecule has 4 rings (SSSR count). The van der Waals surface area contributed by atoms with Crippen molar-refractivity contribution >= 4 is 11.7 Å². The molecule has 29 heavy (non-hydrogen) atoms. The number of hydrogen-bond donors (Lipinski definition) is 1.